The molecule has 2 aromatic carbocycles. The SMILES string of the molecule is O=C(c1cccc(Cl)c1Cl)N1CCN(c2cccc(Cl)c2Cl)C(=O)C1. The molecule has 1 heterocycles. The van der Waals surface area contributed by atoms with Gasteiger partial charge < -0.3 is 9.80 Å². The third-order valence-electron chi connectivity index (χ3n) is 3.91. The predicted octanol–water partition coefficient (Wildman–Crippen LogP) is 4.79. The number of carbonyl (C=O) groups is 2. The Morgan fingerprint density at radius 3 is 2.20 bits per heavy atom. The van der Waals surface area contributed by atoms with Gasteiger partial charge >= 0.3 is 0 Å². The summed E-state index contributed by atoms with van der Waals surface area (Å²) in [5, 5.41) is 1.16. The van der Waals surface area contributed by atoms with E-state index in [9.17, 15) is 9.59 Å². The van der Waals surface area contributed by atoms with Crippen molar-refractivity contribution in [3.63, 3.8) is 0 Å². The highest BCUT2D eigenvalue weighted by Gasteiger charge is 2.30. The number of hydrogen-bond acceptors (Lipinski definition) is 2. The van der Waals surface area contributed by atoms with Crippen LogP contribution in [0.15, 0.2) is 36.4 Å². The summed E-state index contributed by atoms with van der Waals surface area (Å²) in [5.41, 5.74) is 0.809. The molecule has 0 saturated carbocycles. The van der Waals surface area contributed by atoms with E-state index in [4.69, 9.17) is 46.4 Å². The van der Waals surface area contributed by atoms with Crippen LogP contribution in [-0.4, -0.2) is 36.3 Å². The van der Waals surface area contributed by atoms with Crippen molar-refractivity contribution in [2.24, 2.45) is 0 Å². The van der Waals surface area contributed by atoms with Crippen molar-refractivity contribution in [3.05, 3.63) is 62.1 Å². The summed E-state index contributed by atoms with van der Waals surface area (Å²) in [6, 6.07) is 9.92. The minimum Gasteiger partial charge on any atom is -0.327 e. The van der Waals surface area contributed by atoms with Gasteiger partial charge in [-0.2, -0.15) is 0 Å². The van der Waals surface area contributed by atoms with Crippen molar-refractivity contribution in [2.75, 3.05) is 24.5 Å². The van der Waals surface area contributed by atoms with Crippen LogP contribution in [0.4, 0.5) is 5.69 Å². The lowest BCUT2D eigenvalue weighted by Gasteiger charge is -2.35. The molecule has 0 atom stereocenters. The Balaban J connectivity index is 1.80. The average molecular weight is 418 g/mol. The van der Waals surface area contributed by atoms with E-state index in [1.165, 1.54) is 9.80 Å². The zero-order valence-electron chi connectivity index (χ0n) is 12.8. The maximum absolute atomic E-state index is 12.6. The van der Waals surface area contributed by atoms with Gasteiger partial charge in [-0.15, -0.1) is 0 Å². The average Bonchev–Trinajstić information content (AvgIpc) is 2.59. The lowest BCUT2D eigenvalue weighted by molar-refractivity contribution is -0.120. The number of benzene rings is 2. The molecule has 8 heteroatoms. The Bertz CT molecular complexity index is 857. The molecule has 2 aromatic rings. The van der Waals surface area contributed by atoms with E-state index in [0.717, 1.165) is 0 Å². The highest BCUT2D eigenvalue weighted by Crippen LogP contribution is 2.33. The summed E-state index contributed by atoms with van der Waals surface area (Å²) < 4.78 is 0. The normalized spacial score (nSPS) is 14.8. The Morgan fingerprint density at radius 2 is 1.52 bits per heavy atom. The van der Waals surface area contributed by atoms with Gasteiger partial charge in [0.25, 0.3) is 5.91 Å². The zero-order valence-corrected chi connectivity index (χ0v) is 15.8. The van der Waals surface area contributed by atoms with Crippen molar-refractivity contribution in [1.29, 1.82) is 0 Å². The second-order valence-corrected chi connectivity index (χ2v) is 7.02. The van der Waals surface area contributed by atoms with Gasteiger partial charge in [0.2, 0.25) is 5.91 Å². The van der Waals surface area contributed by atoms with Crippen molar-refractivity contribution >= 4 is 63.9 Å². The maximum atomic E-state index is 12.6. The smallest absolute Gasteiger partial charge is 0.255 e. The van der Waals surface area contributed by atoms with Crippen LogP contribution in [0.2, 0.25) is 20.1 Å². The largest absolute Gasteiger partial charge is 0.327 e. The molecule has 0 radical (unpaired) electrons. The third kappa shape index (κ3) is 3.58. The topological polar surface area (TPSA) is 40.6 Å². The van der Waals surface area contributed by atoms with Crippen LogP contribution in [0.5, 0.6) is 0 Å². The third-order valence-corrected chi connectivity index (χ3v) is 5.54. The standard InChI is InChI=1S/C17H12Cl4N2O2/c18-11-4-1-3-10(15(11)20)17(25)22-7-8-23(14(24)9-22)13-6-2-5-12(19)16(13)21/h1-6H,7-9H2. The molecule has 0 spiro atoms. The molecule has 0 bridgehead atoms. The van der Waals surface area contributed by atoms with Crippen molar-refractivity contribution in [1.82, 2.24) is 4.90 Å². The first kappa shape index (κ1) is 18.3. The molecule has 0 aliphatic carbocycles. The van der Waals surface area contributed by atoms with Crippen LogP contribution in [0.1, 0.15) is 10.4 Å². The zero-order chi connectivity index (χ0) is 18.1. The number of anilines is 1. The van der Waals surface area contributed by atoms with Crippen LogP contribution >= 0.6 is 46.4 Å². The molecule has 3 rings (SSSR count). The summed E-state index contributed by atoms with van der Waals surface area (Å²) in [6.45, 7) is 0.573. The van der Waals surface area contributed by atoms with E-state index in [-0.39, 0.29) is 28.9 Å². The Morgan fingerprint density at radius 1 is 0.880 bits per heavy atom. The fourth-order valence-corrected chi connectivity index (χ4v) is 3.42. The lowest BCUT2D eigenvalue weighted by atomic mass is 10.1. The van der Waals surface area contributed by atoms with E-state index >= 15 is 0 Å². The van der Waals surface area contributed by atoms with E-state index < -0.39 is 0 Å². The minimum atomic E-state index is -0.335. The Kier molecular flexibility index (Phi) is 5.44. The highest BCUT2D eigenvalue weighted by atomic mass is 35.5. The molecule has 0 aromatic heterocycles. The summed E-state index contributed by atoms with van der Waals surface area (Å²) in [4.78, 5) is 28.1. The van der Waals surface area contributed by atoms with Crippen molar-refractivity contribution < 1.29 is 9.59 Å². The predicted molar refractivity (Wildman–Crippen MR) is 101 cm³/mol. The first-order valence-corrected chi connectivity index (χ1v) is 8.89. The fourth-order valence-electron chi connectivity index (χ4n) is 2.64. The number of nitrogens with zero attached hydrogens (tertiary/aromatic N) is 2. The monoisotopic (exact) mass is 416 g/mol. The molecule has 1 fully saturated rings. The number of carbonyl (C=O) groups excluding carboxylic acids is 2. The summed E-state index contributed by atoms with van der Waals surface area (Å²) >= 11 is 24.3. The van der Waals surface area contributed by atoms with Crippen molar-refractivity contribution in [3.8, 4) is 0 Å². The summed E-state index contributed by atoms with van der Waals surface area (Å²) in [5.74, 6) is -0.584. The quantitative estimate of drug-likeness (QED) is 0.704. The molecule has 1 aliphatic heterocycles. The first-order chi connectivity index (χ1) is 11.9. The van der Waals surface area contributed by atoms with Crippen LogP contribution in [-0.2, 0) is 4.79 Å². The van der Waals surface area contributed by atoms with Gasteiger partial charge in [-0.05, 0) is 24.3 Å². The maximum Gasteiger partial charge on any atom is 0.255 e. The van der Waals surface area contributed by atoms with Crippen LogP contribution in [0.25, 0.3) is 0 Å². The van der Waals surface area contributed by atoms with Gasteiger partial charge in [0, 0.05) is 13.1 Å². The number of halogens is 4. The summed E-state index contributed by atoms with van der Waals surface area (Å²) in [7, 11) is 0. The Labute approximate surface area is 164 Å². The molecular formula is C17H12Cl4N2O2. The number of rotatable bonds is 2. The van der Waals surface area contributed by atoms with E-state index in [2.05, 4.69) is 0 Å². The molecule has 2 amide bonds. The van der Waals surface area contributed by atoms with Gasteiger partial charge in [-0.1, -0.05) is 58.5 Å². The van der Waals surface area contributed by atoms with Crippen LogP contribution in [0, 0.1) is 0 Å². The molecule has 25 heavy (non-hydrogen) atoms. The molecule has 1 aliphatic rings. The molecular weight excluding hydrogens is 406 g/mol. The fraction of sp³-hybridized carbons (Fsp3) is 0.176. The molecule has 0 unspecified atom stereocenters. The van der Waals surface area contributed by atoms with Gasteiger partial charge in [-0.3, -0.25) is 9.59 Å². The van der Waals surface area contributed by atoms with E-state index in [1.54, 1.807) is 36.4 Å². The van der Waals surface area contributed by atoms with Crippen LogP contribution in [0.3, 0.4) is 0 Å². The van der Waals surface area contributed by atoms with E-state index in [1.807, 2.05) is 0 Å². The minimum absolute atomic E-state index is 0.0789. The number of amides is 2. The summed E-state index contributed by atoms with van der Waals surface area (Å²) in [6.07, 6.45) is 0. The lowest BCUT2D eigenvalue weighted by Crippen LogP contribution is -2.52. The van der Waals surface area contributed by atoms with Gasteiger partial charge in [-0.25, -0.2) is 0 Å². The number of piperazine rings is 1. The molecule has 0 N–H and O–H groups in total. The van der Waals surface area contributed by atoms with Crippen molar-refractivity contribution in [2.45, 2.75) is 0 Å². The second kappa shape index (κ2) is 7.42. The second-order valence-electron chi connectivity index (χ2n) is 5.45. The Hall–Kier alpha value is -1.46. The number of hydrogen-bond donors (Lipinski definition) is 0. The highest BCUT2D eigenvalue weighted by molar-refractivity contribution is 6.44. The van der Waals surface area contributed by atoms with Gasteiger partial charge in [0.05, 0.1) is 31.3 Å². The van der Waals surface area contributed by atoms with Crippen LogP contribution < -0.4 is 4.90 Å². The molecule has 1 saturated heterocycles. The van der Waals surface area contributed by atoms with Gasteiger partial charge in [0.15, 0.2) is 0 Å². The first-order valence-electron chi connectivity index (χ1n) is 7.38. The van der Waals surface area contributed by atoms with Gasteiger partial charge in [0.1, 0.15) is 6.54 Å². The van der Waals surface area contributed by atoms with E-state index in [0.29, 0.717) is 33.8 Å². The molecule has 4 nitrogen and oxygen atoms in total. The molecule has 130 valence electrons.